The Kier molecular flexibility index (Phi) is 5.31. The number of rotatable bonds is 5. The normalized spacial score (nSPS) is 15.8. The molecule has 1 fully saturated rings. The first-order valence-corrected chi connectivity index (χ1v) is 9.36. The number of hydrogen-bond acceptors (Lipinski definition) is 7. The number of likely N-dealkylation sites (tertiary alicyclic amines) is 1. The fourth-order valence-corrected chi connectivity index (χ4v) is 3.44. The van der Waals surface area contributed by atoms with Crippen LogP contribution < -0.4 is 5.32 Å². The molecule has 3 heterocycles. The van der Waals surface area contributed by atoms with Gasteiger partial charge in [0.1, 0.15) is 0 Å². The summed E-state index contributed by atoms with van der Waals surface area (Å²) in [4.78, 5) is 18.6. The third kappa shape index (κ3) is 4.18. The highest BCUT2D eigenvalue weighted by molar-refractivity contribution is 5.93. The van der Waals surface area contributed by atoms with E-state index in [9.17, 15) is 4.79 Å². The van der Waals surface area contributed by atoms with Crippen LogP contribution in [0.4, 0.5) is 5.82 Å². The number of anilines is 1. The lowest BCUT2D eigenvalue weighted by atomic mass is 10.1. The average Bonchev–Trinajstić information content (AvgIpc) is 3.14. The summed E-state index contributed by atoms with van der Waals surface area (Å²) in [7, 11) is 1.74. The second kappa shape index (κ2) is 8.04. The highest BCUT2D eigenvalue weighted by atomic mass is 16.5. The van der Waals surface area contributed by atoms with Crippen LogP contribution in [-0.2, 0) is 9.53 Å². The third-order valence-electron chi connectivity index (χ3n) is 4.99. The van der Waals surface area contributed by atoms with E-state index in [4.69, 9.17) is 9.15 Å². The average molecular weight is 381 g/mol. The Hall–Kier alpha value is -2.84. The maximum Gasteiger partial charge on any atom is 0.239 e. The van der Waals surface area contributed by atoms with Gasteiger partial charge in [-0.1, -0.05) is 0 Å². The summed E-state index contributed by atoms with van der Waals surface area (Å²) in [5.41, 5.74) is 1.65. The lowest BCUT2D eigenvalue weighted by Gasteiger charge is -2.30. The number of methoxy groups -OCH3 is 1. The van der Waals surface area contributed by atoms with Crippen molar-refractivity contribution in [3.63, 3.8) is 0 Å². The van der Waals surface area contributed by atoms with Gasteiger partial charge in [-0.05, 0) is 37.1 Å². The molecule has 0 spiro atoms. The summed E-state index contributed by atoms with van der Waals surface area (Å²) in [5.74, 6) is 1.66. The van der Waals surface area contributed by atoms with Crippen LogP contribution in [-0.4, -0.2) is 58.8 Å². The predicted octanol–water partition coefficient (Wildman–Crippen LogP) is 2.64. The Balaban J connectivity index is 1.44. The second-order valence-electron chi connectivity index (χ2n) is 7.01. The van der Waals surface area contributed by atoms with Crippen molar-refractivity contribution in [1.82, 2.24) is 20.1 Å². The predicted molar refractivity (Wildman–Crippen MR) is 105 cm³/mol. The van der Waals surface area contributed by atoms with Gasteiger partial charge in [0.05, 0.1) is 24.4 Å². The lowest BCUT2D eigenvalue weighted by Crippen LogP contribution is -2.41. The van der Waals surface area contributed by atoms with Crippen molar-refractivity contribution in [2.45, 2.75) is 25.9 Å². The van der Waals surface area contributed by atoms with Gasteiger partial charge in [0.15, 0.2) is 17.5 Å². The van der Waals surface area contributed by atoms with Gasteiger partial charge in [0.2, 0.25) is 5.91 Å². The summed E-state index contributed by atoms with van der Waals surface area (Å²) < 4.78 is 10.9. The molecule has 1 aromatic carbocycles. The molecule has 146 valence electrons. The van der Waals surface area contributed by atoms with E-state index in [1.165, 1.54) is 0 Å². The molecule has 8 heteroatoms. The number of aromatic nitrogens is 3. The molecule has 0 saturated carbocycles. The molecule has 4 rings (SSSR count). The first-order chi connectivity index (χ1) is 13.6. The summed E-state index contributed by atoms with van der Waals surface area (Å²) in [6, 6.07) is 7.57. The third-order valence-corrected chi connectivity index (χ3v) is 4.99. The topological polar surface area (TPSA) is 93.4 Å². The van der Waals surface area contributed by atoms with Crippen molar-refractivity contribution in [2.75, 3.05) is 32.1 Å². The molecule has 0 radical (unpaired) electrons. The van der Waals surface area contributed by atoms with E-state index in [1.54, 1.807) is 20.2 Å². The van der Waals surface area contributed by atoms with Gasteiger partial charge >= 0.3 is 0 Å². The molecule has 0 unspecified atom stereocenters. The zero-order chi connectivity index (χ0) is 19.5. The zero-order valence-corrected chi connectivity index (χ0v) is 16.0. The minimum atomic E-state index is -0.0912. The number of aryl methyl sites for hydroxylation is 1. The smallest absolute Gasteiger partial charge is 0.239 e. The minimum Gasteiger partial charge on any atom is -0.441 e. The van der Waals surface area contributed by atoms with Gasteiger partial charge < -0.3 is 14.5 Å². The van der Waals surface area contributed by atoms with Crippen molar-refractivity contribution in [3.05, 3.63) is 36.4 Å². The SMILES string of the molecule is COC1CCN(CC(=O)Nc2cc3cc(-c4cnc(C)o4)ccc3nn2)CC1. The van der Waals surface area contributed by atoms with Crippen molar-refractivity contribution in [3.8, 4) is 11.3 Å². The number of benzene rings is 1. The van der Waals surface area contributed by atoms with Crippen LogP contribution in [0.3, 0.4) is 0 Å². The molecule has 8 nitrogen and oxygen atoms in total. The molecule has 1 N–H and O–H groups in total. The second-order valence-corrected chi connectivity index (χ2v) is 7.01. The van der Waals surface area contributed by atoms with E-state index in [2.05, 4.69) is 25.4 Å². The first-order valence-electron chi connectivity index (χ1n) is 9.36. The van der Waals surface area contributed by atoms with E-state index in [0.717, 1.165) is 42.4 Å². The van der Waals surface area contributed by atoms with Crippen LogP contribution in [0, 0.1) is 6.92 Å². The zero-order valence-electron chi connectivity index (χ0n) is 16.0. The van der Waals surface area contributed by atoms with Crippen LogP contribution in [0.2, 0.25) is 0 Å². The first kappa shape index (κ1) is 18.5. The van der Waals surface area contributed by atoms with Gasteiger partial charge in [-0.2, -0.15) is 0 Å². The van der Waals surface area contributed by atoms with Crippen molar-refractivity contribution >= 4 is 22.6 Å². The van der Waals surface area contributed by atoms with Gasteiger partial charge in [0.25, 0.3) is 0 Å². The fourth-order valence-electron chi connectivity index (χ4n) is 3.44. The Morgan fingerprint density at radius 2 is 2.11 bits per heavy atom. The molecule has 1 aliphatic heterocycles. The van der Waals surface area contributed by atoms with Crippen LogP contribution in [0.1, 0.15) is 18.7 Å². The summed E-state index contributed by atoms with van der Waals surface area (Å²) in [6.45, 7) is 3.86. The van der Waals surface area contributed by atoms with Gasteiger partial charge in [-0.15, -0.1) is 10.2 Å². The molecule has 0 aliphatic carbocycles. The van der Waals surface area contributed by atoms with Gasteiger partial charge in [-0.3, -0.25) is 9.69 Å². The number of amides is 1. The van der Waals surface area contributed by atoms with Crippen LogP contribution in [0.15, 0.2) is 34.9 Å². The highest BCUT2D eigenvalue weighted by Gasteiger charge is 2.20. The fraction of sp³-hybridized carbons (Fsp3) is 0.400. The minimum absolute atomic E-state index is 0.0912. The number of carbonyl (C=O) groups excluding carboxylic acids is 1. The van der Waals surface area contributed by atoms with E-state index >= 15 is 0 Å². The summed E-state index contributed by atoms with van der Waals surface area (Å²) in [6.07, 6.45) is 3.89. The Morgan fingerprint density at radius 3 is 2.82 bits per heavy atom. The standard InChI is InChI=1S/C20H23N5O3/c1-13-21-11-18(28-13)14-3-4-17-15(9-14)10-19(24-23-17)22-20(26)12-25-7-5-16(27-2)6-8-25/h3-4,9-11,16H,5-8,12H2,1-2H3,(H,22,24,26). The molecule has 1 amide bonds. The number of fused-ring (bicyclic) bond motifs is 1. The highest BCUT2D eigenvalue weighted by Crippen LogP contribution is 2.25. The molecule has 0 bridgehead atoms. The molecule has 3 aromatic rings. The van der Waals surface area contributed by atoms with E-state index in [1.807, 2.05) is 24.3 Å². The molecule has 1 aliphatic rings. The van der Waals surface area contributed by atoms with E-state index in [-0.39, 0.29) is 5.91 Å². The van der Waals surface area contributed by atoms with Crippen LogP contribution in [0.5, 0.6) is 0 Å². The maximum absolute atomic E-state index is 12.4. The number of oxazole rings is 1. The molecule has 2 aromatic heterocycles. The number of piperidine rings is 1. The Labute approximate surface area is 162 Å². The molecule has 0 atom stereocenters. The van der Waals surface area contributed by atoms with Crippen molar-refractivity contribution in [2.24, 2.45) is 0 Å². The monoisotopic (exact) mass is 381 g/mol. The maximum atomic E-state index is 12.4. The summed E-state index contributed by atoms with van der Waals surface area (Å²) >= 11 is 0. The number of nitrogens with one attached hydrogen (secondary N) is 1. The number of hydrogen-bond donors (Lipinski definition) is 1. The van der Waals surface area contributed by atoms with Crippen molar-refractivity contribution < 1.29 is 13.9 Å². The number of carbonyl (C=O) groups is 1. The Bertz CT molecular complexity index is 979. The van der Waals surface area contributed by atoms with Gasteiger partial charge in [-0.25, -0.2) is 4.98 Å². The molecular formula is C20H23N5O3. The lowest BCUT2D eigenvalue weighted by molar-refractivity contribution is -0.118. The quantitative estimate of drug-likeness (QED) is 0.726. The van der Waals surface area contributed by atoms with Crippen LogP contribution >= 0.6 is 0 Å². The Morgan fingerprint density at radius 1 is 1.29 bits per heavy atom. The van der Waals surface area contributed by atoms with E-state index < -0.39 is 0 Å². The van der Waals surface area contributed by atoms with Crippen LogP contribution in [0.25, 0.3) is 22.2 Å². The van der Waals surface area contributed by atoms with E-state index in [0.29, 0.717) is 30.1 Å². The summed E-state index contributed by atoms with van der Waals surface area (Å²) in [5, 5.41) is 12.0. The number of ether oxygens (including phenoxy) is 1. The molecular weight excluding hydrogens is 358 g/mol. The number of nitrogens with zero attached hydrogens (tertiary/aromatic N) is 4. The molecule has 1 saturated heterocycles. The molecule has 28 heavy (non-hydrogen) atoms. The van der Waals surface area contributed by atoms with Crippen molar-refractivity contribution in [1.29, 1.82) is 0 Å². The van der Waals surface area contributed by atoms with Gasteiger partial charge in [0, 0.05) is 38.1 Å². The largest absolute Gasteiger partial charge is 0.441 e.